The summed E-state index contributed by atoms with van der Waals surface area (Å²) in [5, 5.41) is 1.78. The Morgan fingerprint density at radius 3 is 2.58 bits per heavy atom. The zero-order valence-electron chi connectivity index (χ0n) is 7.19. The number of halogens is 1. The Morgan fingerprint density at radius 1 is 1.25 bits per heavy atom. The highest BCUT2D eigenvalue weighted by molar-refractivity contribution is 6.65. The lowest BCUT2D eigenvalue weighted by Crippen LogP contribution is -1.92. The molecule has 0 fully saturated rings. The maximum atomic E-state index is 13.5. The monoisotopic (exact) mass is 177 g/mol. The van der Waals surface area contributed by atoms with Gasteiger partial charge in [-0.2, -0.15) is 16.7 Å². The fourth-order valence-electron chi connectivity index (χ4n) is 1.57. The summed E-state index contributed by atoms with van der Waals surface area (Å²) in [6, 6.07) is 7.79. The molecule has 0 radical (unpaired) electrons. The summed E-state index contributed by atoms with van der Waals surface area (Å²) in [7, 11) is -0.736. The number of fused-ring (bicyclic) bond motifs is 1. The van der Waals surface area contributed by atoms with E-state index in [-0.39, 0.29) is 5.82 Å². The molecule has 62 valence electrons. The summed E-state index contributed by atoms with van der Waals surface area (Å²) in [4.78, 5) is 1.22. The second-order valence-electron chi connectivity index (χ2n) is 3.11. The van der Waals surface area contributed by atoms with E-state index in [9.17, 15) is 4.39 Å². The van der Waals surface area contributed by atoms with E-state index in [0.29, 0.717) is 0 Å². The molecular formula is C10H10FSi-. The Morgan fingerprint density at radius 2 is 1.92 bits per heavy atom. The van der Waals surface area contributed by atoms with Gasteiger partial charge in [0.25, 0.3) is 0 Å². The molecule has 0 aliphatic carbocycles. The lowest BCUT2D eigenvalue weighted by atomic mass is 10.2. The summed E-state index contributed by atoms with van der Waals surface area (Å²) in [5.74, 6) is 0.0157. The molecule has 1 aromatic carbocycles. The van der Waals surface area contributed by atoms with Gasteiger partial charge >= 0.3 is 0 Å². The van der Waals surface area contributed by atoms with Gasteiger partial charge in [0.05, 0.1) is 5.82 Å². The molecule has 0 spiro atoms. The smallest absolute Gasteiger partial charge is 0.0932 e. The first-order valence-corrected chi connectivity index (χ1v) is 6.02. The van der Waals surface area contributed by atoms with Gasteiger partial charge in [-0.25, -0.2) is 4.39 Å². The van der Waals surface area contributed by atoms with Crippen LogP contribution >= 0.6 is 0 Å². The molecule has 0 aliphatic rings. The van der Waals surface area contributed by atoms with Gasteiger partial charge in [0.1, 0.15) is 0 Å². The lowest BCUT2D eigenvalue weighted by Gasteiger charge is -2.03. The van der Waals surface area contributed by atoms with E-state index in [1.807, 2.05) is 31.2 Å². The molecule has 1 heterocycles. The van der Waals surface area contributed by atoms with Gasteiger partial charge < -0.3 is 0 Å². The quantitative estimate of drug-likeness (QED) is 0.542. The average molecular weight is 177 g/mol. The molecule has 1 aromatic heterocycles. The van der Waals surface area contributed by atoms with Crippen molar-refractivity contribution in [2.45, 2.75) is 6.92 Å². The van der Waals surface area contributed by atoms with Gasteiger partial charge in [0, 0.05) is 0 Å². The Bertz CT molecular complexity index is 390. The van der Waals surface area contributed by atoms with Crippen molar-refractivity contribution in [2.24, 2.45) is 6.55 Å². The first kappa shape index (κ1) is 7.74. The molecule has 2 heteroatoms. The van der Waals surface area contributed by atoms with Crippen molar-refractivity contribution in [3.8, 4) is 0 Å². The van der Waals surface area contributed by atoms with E-state index in [1.165, 1.54) is 5.00 Å². The Kier molecular flexibility index (Phi) is 1.65. The van der Waals surface area contributed by atoms with Crippen LogP contribution in [-0.4, -0.2) is 8.40 Å². The first-order chi connectivity index (χ1) is 5.72. The van der Waals surface area contributed by atoms with Crippen LogP contribution in [0.25, 0.3) is 10.4 Å². The lowest BCUT2D eigenvalue weighted by molar-refractivity contribution is 0.636. The molecule has 2 rings (SSSR count). The van der Waals surface area contributed by atoms with Crippen molar-refractivity contribution in [3.05, 3.63) is 35.3 Å². The zero-order valence-corrected chi connectivity index (χ0v) is 8.19. The summed E-state index contributed by atoms with van der Waals surface area (Å²) in [6.45, 7) is 4.05. The number of rotatable bonds is 0. The van der Waals surface area contributed by atoms with Crippen LogP contribution in [0.1, 0.15) is 5.17 Å². The molecule has 0 aliphatic heterocycles. The maximum Gasteiger partial charge on any atom is 0.0932 e. The molecule has 0 N–H and O–H groups in total. The second-order valence-corrected chi connectivity index (χ2v) is 5.65. The fourth-order valence-corrected chi connectivity index (χ4v) is 3.38. The summed E-state index contributed by atoms with van der Waals surface area (Å²) in [5.41, 5.74) is 0. The van der Waals surface area contributed by atoms with E-state index in [1.54, 1.807) is 0 Å². The van der Waals surface area contributed by atoms with Crippen molar-refractivity contribution in [2.75, 3.05) is 0 Å². The van der Waals surface area contributed by atoms with Crippen LogP contribution in [-0.2, 0) is 6.55 Å². The maximum absolute atomic E-state index is 13.5. The van der Waals surface area contributed by atoms with Crippen molar-refractivity contribution in [1.29, 1.82) is 0 Å². The fraction of sp³-hybridized carbons (Fsp3) is 0.200. The summed E-state index contributed by atoms with van der Waals surface area (Å²) >= 11 is 0. The minimum atomic E-state index is -0.736. The van der Waals surface area contributed by atoms with Crippen molar-refractivity contribution in [1.82, 2.24) is 0 Å². The second kappa shape index (κ2) is 2.56. The Balaban J connectivity index is 2.99. The van der Waals surface area contributed by atoms with Crippen LogP contribution in [0, 0.1) is 12.7 Å². The van der Waals surface area contributed by atoms with Gasteiger partial charge in [0.2, 0.25) is 0 Å². The van der Waals surface area contributed by atoms with E-state index in [0.717, 1.165) is 10.6 Å². The number of hydrogen-bond acceptors (Lipinski definition) is 0. The van der Waals surface area contributed by atoms with Gasteiger partial charge in [-0.3, -0.25) is 8.40 Å². The SMILES string of the molecule is Cc1c(F)c2ccccc2[si-]1C. The third-order valence-electron chi connectivity index (χ3n) is 2.46. The first-order valence-electron chi connectivity index (χ1n) is 4.02. The number of aryl methyl sites for hydroxylation is 1. The zero-order chi connectivity index (χ0) is 8.72. The highest BCUT2D eigenvalue weighted by Gasteiger charge is 2.00. The number of benzene rings is 1. The van der Waals surface area contributed by atoms with E-state index >= 15 is 0 Å². The van der Waals surface area contributed by atoms with Crippen LogP contribution < -0.4 is 0 Å². The minimum absolute atomic E-state index is 0.0157. The van der Waals surface area contributed by atoms with Crippen LogP contribution in [0.15, 0.2) is 24.3 Å². The van der Waals surface area contributed by atoms with Gasteiger partial charge in [-0.1, -0.05) is 31.2 Å². The topological polar surface area (TPSA) is 0 Å². The summed E-state index contributed by atoms with van der Waals surface area (Å²) in [6.07, 6.45) is 0. The molecule has 0 atom stereocenters. The molecule has 0 nitrogen and oxygen atoms in total. The molecule has 12 heavy (non-hydrogen) atoms. The molecule has 0 saturated heterocycles. The van der Waals surface area contributed by atoms with Crippen molar-refractivity contribution in [3.63, 3.8) is 0 Å². The van der Waals surface area contributed by atoms with Gasteiger partial charge in [0.15, 0.2) is 0 Å². The summed E-state index contributed by atoms with van der Waals surface area (Å²) < 4.78 is 13.5. The molecule has 2 aromatic rings. The molecule has 0 bridgehead atoms. The highest BCUT2D eigenvalue weighted by Crippen LogP contribution is 2.21. The largest absolute Gasteiger partial charge is 0.256 e. The minimum Gasteiger partial charge on any atom is -0.256 e. The normalized spacial score (nSPS) is 10.9. The van der Waals surface area contributed by atoms with Crippen LogP contribution in [0.2, 0.25) is 0 Å². The molecular weight excluding hydrogens is 167 g/mol. The standard InChI is InChI=1S/C10H10FSi/c1-7-10(11)8-5-3-4-6-9(8)12(7)2/h3-6H,1-2H3/q-1. The van der Waals surface area contributed by atoms with Crippen LogP contribution in [0.3, 0.4) is 0 Å². The average Bonchev–Trinajstić information content (AvgIpc) is 2.33. The predicted molar refractivity (Wildman–Crippen MR) is 51.2 cm³/mol. The van der Waals surface area contributed by atoms with Crippen LogP contribution in [0.4, 0.5) is 4.39 Å². The van der Waals surface area contributed by atoms with Crippen molar-refractivity contribution >= 4 is 18.8 Å². The Hall–Kier alpha value is -0.893. The van der Waals surface area contributed by atoms with Gasteiger partial charge in [-0.05, 0) is 5.39 Å². The van der Waals surface area contributed by atoms with Crippen molar-refractivity contribution < 1.29 is 4.39 Å². The third kappa shape index (κ3) is 0.878. The number of hydrogen-bond donors (Lipinski definition) is 0. The predicted octanol–water partition coefficient (Wildman–Crippen LogP) is 2.57. The van der Waals surface area contributed by atoms with E-state index in [4.69, 9.17) is 0 Å². The van der Waals surface area contributed by atoms with E-state index in [2.05, 4.69) is 6.55 Å². The third-order valence-corrected chi connectivity index (χ3v) is 5.05. The van der Waals surface area contributed by atoms with E-state index < -0.39 is 8.40 Å². The van der Waals surface area contributed by atoms with Crippen LogP contribution in [0.5, 0.6) is 0 Å². The highest BCUT2D eigenvalue weighted by atomic mass is 28.2. The molecule has 0 unspecified atom stereocenters. The van der Waals surface area contributed by atoms with Gasteiger partial charge in [-0.15, -0.1) is 0 Å². The molecule has 0 saturated carbocycles. The Labute approximate surface area is 72.5 Å². The molecule has 0 amide bonds.